The molecule has 0 saturated heterocycles. The van der Waals surface area contributed by atoms with Gasteiger partial charge in [0, 0.05) is 29.2 Å². The van der Waals surface area contributed by atoms with E-state index in [0.717, 1.165) is 18.7 Å². The van der Waals surface area contributed by atoms with Crippen molar-refractivity contribution in [3.63, 3.8) is 0 Å². The molecule has 0 amide bonds. The normalized spacial score (nSPS) is 15.0. The predicted molar refractivity (Wildman–Crippen MR) is 199 cm³/mol. The smallest absolute Gasteiger partial charge is 0.0537 e. The summed E-state index contributed by atoms with van der Waals surface area (Å²) >= 11 is 0. The minimum absolute atomic E-state index is 0.381. The number of fused-ring (bicyclic) bond motifs is 5. The monoisotopic (exact) mass is 602 g/mol. The number of nitrogens with zero attached hydrogens (tertiary/aromatic N) is 1. The van der Waals surface area contributed by atoms with Gasteiger partial charge in [0.05, 0.1) is 11.4 Å². The van der Waals surface area contributed by atoms with Crippen LogP contribution in [0.5, 0.6) is 0 Å². The minimum Gasteiger partial charge on any atom is -0.381 e. The van der Waals surface area contributed by atoms with Crippen LogP contribution in [0.2, 0.25) is 0 Å². The van der Waals surface area contributed by atoms with Crippen molar-refractivity contribution in [2.24, 2.45) is 0 Å². The van der Waals surface area contributed by atoms with E-state index in [1.165, 1.54) is 72.0 Å². The largest absolute Gasteiger partial charge is 0.381 e. The fourth-order valence-corrected chi connectivity index (χ4v) is 7.47. The molecule has 1 aliphatic heterocycles. The second-order valence-corrected chi connectivity index (χ2v) is 12.6. The van der Waals surface area contributed by atoms with Gasteiger partial charge in [0.25, 0.3) is 0 Å². The van der Waals surface area contributed by atoms with E-state index in [1.54, 1.807) is 0 Å². The van der Waals surface area contributed by atoms with Crippen LogP contribution in [0.4, 0.5) is 17.1 Å². The van der Waals surface area contributed by atoms with Crippen LogP contribution < -0.4 is 10.2 Å². The molecule has 2 aliphatic rings. The number of benzene rings is 7. The summed E-state index contributed by atoms with van der Waals surface area (Å²) in [6.45, 7) is 0.783. The molecule has 1 unspecified atom stereocenters. The van der Waals surface area contributed by atoms with Crippen LogP contribution in [-0.2, 0) is 6.54 Å². The highest BCUT2D eigenvalue weighted by Gasteiger charge is 2.35. The molecule has 0 spiro atoms. The molecule has 47 heavy (non-hydrogen) atoms. The Bertz CT molecular complexity index is 2330. The van der Waals surface area contributed by atoms with E-state index >= 15 is 0 Å². The van der Waals surface area contributed by atoms with Crippen LogP contribution in [-0.4, -0.2) is 0 Å². The molecule has 1 atom stereocenters. The summed E-state index contributed by atoms with van der Waals surface area (Å²) in [4.78, 5) is 2.50. The number of hydrogen-bond acceptors (Lipinski definition) is 2. The van der Waals surface area contributed by atoms with Crippen LogP contribution in [0, 0.1) is 0 Å². The molecule has 224 valence electrons. The number of hydrogen-bond donors (Lipinski definition) is 1. The first-order chi connectivity index (χ1) is 23.3. The summed E-state index contributed by atoms with van der Waals surface area (Å²) in [5.41, 5.74) is 12.6. The Morgan fingerprint density at radius 3 is 2.04 bits per heavy atom. The Balaban J connectivity index is 1.01. The molecule has 2 heteroatoms. The molecule has 0 fully saturated rings. The molecule has 7 aromatic rings. The number of anilines is 3. The summed E-state index contributed by atoms with van der Waals surface area (Å²) < 4.78 is 0. The first kappa shape index (κ1) is 27.5. The molecular weight excluding hydrogens is 569 g/mol. The molecule has 0 radical (unpaired) electrons. The molecule has 7 aromatic carbocycles. The standard InChI is InChI=1S/C45H34N2/c1-3-17-39-33(10-1)12-7-15-37(39)30-46-38-16-8-14-35(28-38)31-22-24-32(25-23-31)36-26-27-42-41-19-5-6-20-44(41)47(45(42)29-36)43-21-9-13-34-11-2-4-18-40(34)43/h1-18,20-29,41,46H,19,30H2. The van der Waals surface area contributed by atoms with Crippen LogP contribution in [0.15, 0.2) is 176 Å². The van der Waals surface area contributed by atoms with Crippen molar-refractivity contribution in [3.05, 3.63) is 187 Å². The maximum absolute atomic E-state index is 3.66. The van der Waals surface area contributed by atoms with E-state index in [0.29, 0.717) is 5.92 Å². The van der Waals surface area contributed by atoms with Crippen molar-refractivity contribution in [2.75, 3.05) is 10.2 Å². The second-order valence-electron chi connectivity index (χ2n) is 12.6. The Labute approximate surface area is 275 Å². The molecule has 1 N–H and O–H groups in total. The lowest BCUT2D eigenvalue weighted by atomic mass is 9.91. The Kier molecular flexibility index (Phi) is 6.71. The van der Waals surface area contributed by atoms with Gasteiger partial charge in [-0.05, 0) is 86.3 Å². The highest BCUT2D eigenvalue weighted by molar-refractivity contribution is 5.99. The molecular formula is C45H34N2. The Morgan fingerprint density at radius 1 is 0.553 bits per heavy atom. The lowest BCUT2D eigenvalue weighted by molar-refractivity contribution is 0.820. The zero-order chi connectivity index (χ0) is 31.2. The first-order valence-corrected chi connectivity index (χ1v) is 16.5. The molecule has 9 rings (SSSR count). The number of allylic oxidation sites excluding steroid dienone is 4. The summed E-state index contributed by atoms with van der Waals surface area (Å²) in [6, 6.07) is 55.3. The van der Waals surface area contributed by atoms with Crippen molar-refractivity contribution >= 4 is 38.6 Å². The molecule has 1 aliphatic carbocycles. The van der Waals surface area contributed by atoms with Crippen molar-refractivity contribution in [2.45, 2.75) is 18.9 Å². The van der Waals surface area contributed by atoms with Gasteiger partial charge < -0.3 is 10.2 Å². The average molecular weight is 603 g/mol. The second kappa shape index (κ2) is 11.5. The molecule has 0 aromatic heterocycles. The van der Waals surface area contributed by atoms with Crippen molar-refractivity contribution in [1.82, 2.24) is 0 Å². The van der Waals surface area contributed by atoms with Crippen LogP contribution in [0.25, 0.3) is 43.8 Å². The van der Waals surface area contributed by atoms with E-state index in [9.17, 15) is 0 Å². The predicted octanol–water partition coefficient (Wildman–Crippen LogP) is 12.0. The number of rotatable bonds is 6. The fraction of sp³-hybridized carbons (Fsp3) is 0.0667. The van der Waals surface area contributed by atoms with Gasteiger partial charge in [0.15, 0.2) is 0 Å². The van der Waals surface area contributed by atoms with Crippen molar-refractivity contribution < 1.29 is 0 Å². The van der Waals surface area contributed by atoms with Gasteiger partial charge in [0.2, 0.25) is 0 Å². The van der Waals surface area contributed by atoms with E-state index in [4.69, 9.17) is 0 Å². The highest BCUT2D eigenvalue weighted by atomic mass is 15.2. The summed E-state index contributed by atoms with van der Waals surface area (Å²) in [7, 11) is 0. The van der Waals surface area contributed by atoms with Crippen LogP contribution >= 0.6 is 0 Å². The minimum atomic E-state index is 0.381. The zero-order valence-corrected chi connectivity index (χ0v) is 26.1. The third-order valence-electron chi connectivity index (χ3n) is 9.82. The summed E-state index contributed by atoms with van der Waals surface area (Å²) in [5, 5.41) is 8.78. The van der Waals surface area contributed by atoms with Crippen molar-refractivity contribution in [3.8, 4) is 22.3 Å². The average Bonchev–Trinajstić information content (AvgIpc) is 3.47. The van der Waals surface area contributed by atoms with E-state index < -0.39 is 0 Å². The molecule has 0 saturated carbocycles. The topological polar surface area (TPSA) is 15.3 Å². The van der Waals surface area contributed by atoms with Crippen LogP contribution in [0.1, 0.15) is 23.5 Å². The third kappa shape index (κ3) is 4.90. The summed E-state index contributed by atoms with van der Waals surface area (Å²) in [5.74, 6) is 0.381. The molecule has 0 bridgehead atoms. The SMILES string of the molecule is C1=CCC2C(=C1)N(c1cccc3ccccc13)c1cc(-c3ccc(-c4cccc(NCc5cccc6ccccc56)c4)cc3)ccc12. The van der Waals surface area contributed by atoms with Gasteiger partial charge in [-0.3, -0.25) is 0 Å². The van der Waals surface area contributed by atoms with Gasteiger partial charge in [-0.25, -0.2) is 0 Å². The van der Waals surface area contributed by atoms with Crippen molar-refractivity contribution in [1.29, 1.82) is 0 Å². The maximum Gasteiger partial charge on any atom is 0.0537 e. The molecule has 1 heterocycles. The van der Waals surface area contributed by atoms with Gasteiger partial charge in [0.1, 0.15) is 0 Å². The quantitative estimate of drug-likeness (QED) is 0.204. The lowest BCUT2D eigenvalue weighted by Gasteiger charge is -2.26. The van der Waals surface area contributed by atoms with E-state index in [2.05, 4.69) is 180 Å². The lowest BCUT2D eigenvalue weighted by Crippen LogP contribution is -2.14. The highest BCUT2D eigenvalue weighted by Crippen LogP contribution is 2.52. The zero-order valence-electron chi connectivity index (χ0n) is 26.1. The van der Waals surface area contributed by atoms with E-state index in [1.807, 2.05) is 0 Å². The Hall–Kier alpha value is -5.86. The van der Waals surface area contributed by atoms with E-state index in [-0.39, 0.29) is 0 Å². The first-order valence-electron chi connectivity index (χ1n) is 16.5. The maximum atomic E-state index is 3.66. The van der Waals surface area contributed by atoms with Gasteiger partial charge in [-0.1, -0.05) is 140 Å². The third-order valence-corrected chi connectivity index (χ3v) is 9.82. The fourth-order valence-electron chi connectivity index (χ4n) is 7.47. The van der Waals surface area contributed by atoms with Gasteiger partial charge >= 0.3 is 0 Å². The molecule has 2 nitrogen and oxygen atoms in total. The van der Waals surface area contributed by atoms with Crippen LogP contribution in [0.3, 0.4) is 0 Å². The van der Waals surface area contributed by atoms with Gasteiger partial charge in [-0.2, -0.15) is 0 Å². The van der Waals surface area contributed by atoms with Gasteiger partial charge in [-0.15, -0.1) is 0 Å². The number of nitrogens with one attached hydrogen (secondary N) is 1. The Morgan fingerprint density at radius 2 is 1.21 bits per heavy atom. The summed E-state index contributed by atoms with van der Waals surface area (Å²) in [6.07, 6.45) is 7.84.